The molecule has 0 spiro atoms. The smallest absolute Gasteiger partial charge is 0.123 e. The van der Waals surface area contributed by atoms with Gasteiger partial charge in [0.1, 0.15) is 5.75 Å². The molecule has 0 bridgehead atoms. The molecular formula is C14H24N2O2. The first kappa shape index (κ1) is 15.0. The molecule has 0 aliphatic heterocycles. The molecule has 0 aliphatic rings. The summed E-state index contributed by atoms with van der Waals surface area (Å²) in [6, 6.07) is 7.88. The fraction of sp³-hybridized carbons (Fsp3) is 0.571. The Morgan fingerprint density at radius 2 is 2.00 bits per heavy atom. The summed E-state index contributed by atoms with van der Waals surface area (Å²) >= 11 is 0. The minimum absolute atomic E-state index is 0.0336. The number of hydrogen-bond acceptors (Lipinski definition) is 4. The molecule has 0 radical (unpaired) electrons. The Kier molecular flexibility index (Phi) is 6.72. The molecular weight excluding hydrogens is 228 g/mol. The lowest BCUT2D eigenvalue weighted by molar-refractivity contribution is 0.177. The Hall–Kier alpha value is -1.10. The normalized spacial score (nSPS) is 12.7. The number of rotatable bonds is 8. The van der Waals surface area contributed by atoms with E-state index >= 15 is 0 Å². The molecule has 1 aromatic rings. The average molecular weight is 252 g/mol. The number of nitrogens with two attached hydrogens (primary N) is 1. The van der Waals surface area contributed by atoms with E-state index in [0.29, 0.717) is 0 Å². The molecule has 0 fully saturated rings. The standard InChI is InChI=1S/C14H24N2O2/c1-16(9-6-10-17-2)11-13(15)12-7-4-5-8-14(12)18-3/h4-5,7-8,13H,6,9-11,15H2,1-3H3. The summed E-state index contributed by atoms with van der Waals surface area (Å²) in [4.78, 5) is 2.22. The largest absolute Gasteiger partial charge is 0.496 e. The third-order valence-electron chi connectivity index (χ3n) is 2.94. The number of likely N-dealkylation sites (N-methyl/N-ethyl adjacent to an activating group) is 1. The zero-order valence-corrected chi connectivity index (χ0v) is 11.6. The van der Waals surface area contributed by atoms with Crippen molar-refractivity contribution in [2.45, 2.75) is 12.5 Å². The number of ether oxygens (including phenoxy) is 2. The van der Waals surface area contributed by atoms with Crippen LogP contribution in [0, 0.1) is 0 Å². The summed E-state index contributed by atoms with van der Waals surface area (Å²) in [5, 5.41) is 0. The summed E-state index contributed by atoms with van der Waals surface area (Å²) in [7, 11) is 5.47. The van der Waals surface area contributed by atoms with Crippen molar-refractivity contribution in [3.05, 3.63) is 29.8 Å². The van der Waals surface area contributed by atoms with Gasteiger partial charge in [-0.3, -0.25) is 0 Å². The third kappa shape index (κ3) is 4.64. The highest BCUT2D eigenvalue weighted by Gasteiger charge is 2.13. The summed E-state index contributed by atoms with van der Waals surface area (Å²) in [5.41, 5.74) is 7.28. The predicted octanol–water partition coefficient (Wildman–Crippen LogP) is 1.66. The Labute approximate surface area is 110 Å². The van der Waals surface area contributed by atoms with Gasteiger partial charge < -0.3 is 20.1 Å². The topological polar surface area (TPSA) is 47.7 Å². The van der Waals surface area contributed by atoms with Gasteiger partial charge in [0.15, 0.2) is 0 Å². The van der Waals surface area contributed by atoms with Gasteiger partial charge in [-0.15, -0.1) is 0 Å². The Bertz CT molecular complexity index is 344. The summed E-state index contributed by atoms with van der Waals surface area (Å²) in [6.07, 6.45) is 1.02. The van der Waals surface area contributed by atoms with E-state index in [-0.39, 0.29) is 6.04 Å². The maximum atomic E-state index is 6.22. The Morgan fingerprint density at radius 3 is 2.67 bits per heavy atom. The highest BCUT2D eigenvalue weighted by Crippen LogP contribution is 2.23. The molecule has 4 nitrogen and oxygen atoms in total. The van der Waals surface area contributed by atoms with Crippen molar-refractivity contribution in [1.29, 1.82) is 0 Å². The monoisotopic (exact) mass is 252 g/mol. The maximum absolute atomic E-state index is 6.22. The minimum atomic E-state index is -0.0336. The van der Waals surface area contributed by atoms with Crippen molar-refractivity contribution >= 4 is 0 Å². The molecule has 0 saturated carbocycles. The van der Waals surface area contributed by atoms with Crippen LogP contribution in [0.5, 0.6) is 5.75 Å². The first-order valence-electron chi connectivity index (χ1n) is 6.25. The van der Waals surface area contributed by atoms with E-state index in [1.54, 1.807) is 14.2 Å². The van der Waals surface area contributed by atoms with Gasteiger partial charge in [-0.25, -0.2) is 0 Å². The van der Waals surface area contributed by atoms with Crippen LogP contribution in [0.15, 0.2) is 24.3 Å². The zero-order chi connectivity index (χ0) is 13.4. The summed E-state index contributed by atoms with van der Waals surface area (Å²) in [5.74, 6) is 0.857. The van der Waals surface area contributed by atoms with E-state index < -0.39 is 0 Å². The lowest BCUT2D eigenvalue weighted by atomic mass is 10.1. The molecule has 1 aromatic carbocycles. The maximum Gasteiger partial charge on any atom is 0.123 e. The molecule has 0 saturated heterocycles. The minimum Gasteiger partial charge on any atom is -0.496 e. The second-order valence-electron chi connectivity index (χ2n) is 4.46. The van der Waals surface area contributed by atoms with E-state index in [9.17, 15) is 0 Å². The fourth-order valence-corrected chi connectivity index (χ4v) is 1.98. The van der Waals surface area contributed by atoms with E-state index in [2.05, 4.69) is 11.9 Å². The van der Waals surface area contributed by atoms with Crippen LogP contribution < -0.4 is 10.5 Å². The molecule has 2 N–H and O–H groups in total. The van der Waals surface area contributed by atoms with Gasteiger partial charge >= 0.3 is 0 Å². The second-order valence-corrected chi connectivity index (χ2v) is 4.46. The number of hydrogen-bond donors (Lipinski definition) is 1. The van der Waals surface area contributed by atoms with E-state index in [4.69, 9.17) is 15.2 Å². The van der Waals surface area contributed by atoms with Crippen LogP contribution >= 0.6 is 0 Å². The van der Waals surface area contributed by atoms with Crippen molar-refractivity contribution in [3.63, 3.8) is 0 Å². The van der Waals surface area contributed by atoms with Crippen molar-refractivity contribution < 1.29 is 9.47 Å². The van der Waals surface area contributed by atoms with Crippen LogP contribution in [0.3, 0.4) is 0 Å². The molecule has 0 aromatic heterocycles. The van der Waals surface area contributed by atoms with Crippen LogP contribution in [-0.2, 0) is 4.74 Å². The summed E-state index contributed by atoms with van der Waals surface area (Å²) < 4.78 is 10.4. The molecule has 0 aliphatic carbocycles. The Balaban J connectivity index is 2.51. The van der Waals surface area contributed by atoms with E-state index in [0.717, 1.165) is 37.4 Å². The molecule has 0 heterocycles. The molecule has 1 rings (SSSR count). The van der Waals surface area contributed by atoms with Crippen molar-refractivity contribution in [3.8, 4) is 5.75 Å². The lowest BCUT2D eigenvalue weighted by Crippen LogP contribution is -2.30. The van der Waals surface area contributed by atoms with E-state index in [1.807, 2.05) is 24.3 Å². The quantitative estimate of drug-likeness (QED) is 0.715. The van der Waals surface area contributed by atoms with Gasteiger partial charge in [0.25, 0.3) is 0 Å². The lowest BCUT2D eigenvalue weighted by Gasteiger charge is -2.22. The van der Waals surface area contributed by atoms with E-state index in [1.165, 1.54) is 0 Å². The SMILES string of the molecule is COCCCN(C)CC(N)c1ccccc1OC. The van der Waals surface area contributed by atoms with Crippen molar-refractivity contribution in [2.75, 3.05) is 41.0 Å². The number of nitrogens with zero attached hydrogens (tertiary/aromatic N) is 1. The van der Waals surface area contributed by atoms with Gasteiger partial charge in [-0.1, -0.05) is 18.2 Å². The van der Waals surface area contributed by atoms with Gasteiger partial charge in [0, 0.05) is 38.4 Å². The third-order valence-corrected chi connectivity index (χ3v) is 2.94. The van der Waals surface area contributed by atoms with Crippen molar-refractivity contribution in [1.82, 2.24) is 4.90 Å². The first-order valence-corrected chi connectivity index (χ1v) is 6.25. The fourth-order valence-electron chi connectivity index (χ4n) is 1.98. The van der Waals surface area contributed by atoms with Crippen LogP contribution in [-0.4, -0.2) is 45.9 Å². The number of methoxy groups -OCH3 is 2. The van der Waals surface area contributed by atoms with Gasteiger partial charge in [-0.2, -0.15) is 0 Å². The average Bonchev–Trinajstić information content (AvgIpc) is 2.39. The molecule has 0 amide bonds. The molecule has 18 heavy (non-hydrogen) atoms. The van der Waals surface area contributed by atoms with Gasteiger partial charge in [0.2, 0.25) is 0 Å². The first-order chi connectivity index (χ1) is 8.69. The highest BCUT2D eigenvalue weighted by molar-refractivity contribution is 5.35. The van der Waals surface area contributed by atoms with Crippen molar-refractivity contribution in [2.24, 2.45) is 5.73 Å². The molecule has 102 valence electrons. The Morgan fingerprint density at radius 1 is 1.28 bits per heavy atom. The van der Waals surface area contributed by atoms with Crippen LogP contribution in [0.1, 0.15) is 18.0 Å². The van der Waals surface area contributed by atoms with Crippen LogP contribution in [0.4, 0.5) is 0 Å². The molecule has 1 atom stereocenters. The number of benzene rings is 1. The van der Waals surface area contributed by atoms with Crippen LogP contribution in [0.2, 0.25) is 0 Å². The molecule has 1 unspecified atom stereocenters. The number of para-hydroxylation sites is 1. The highest BCUT2D eigenvalue weighted by atomic mass is 16.5. The second kappa shape index (κ2) is 8.08. The predicted molar refractivity (Wildman–Crippen MR) is 73.9 cm³/mol. The van der Waals surface area contributed by atoms with Gasteiger partial charge in [-0.05, 0) is 19.5 Å². The molecule has 4 heteroatoms. The van der Waals surface area contributed by atoms with Gasteiger partial charge in [0.05, 0.1) is 7.11 Å². The zero-order valence-electron chi connectivity index (χ0n) is 11.6. The van der Waals surface area contributed by atoms with Crippen LogP contribution in [0.25, 0.3) is 0 Å². The summed E-state index contributed by atoms with van der Waals surface area (Å²) in [6.45, 7) is 2.58.